The molecule has 1 N–H and O–H groups in total. The molecule has 160 valence electrons. The van der Waals surface area contributed by atoms with E-state index in [0.29, 0.717) is 0 Å². The van der Waals surface area contributed by atoms with Gasteiger partial charge in [0.15, 0.2) is 5.79 Å². The lowest BCUT2D eigenvalue weighted by Crippen LogP contribution is -2.68. The van der Waals surface area contributed by atoms with Crippen LogP contribution in [0.25, 0.3) is 0 Å². The third-order valence-corrected chi connectivity index (χ3v) is 11.1. The van der Waals surface area contributed by atoms with E-state index < -0.39 is 25.8 Å². The van der Waals surface area contributed by atoms with E-state index in [1.165, 1.54) is 10.4 Å². The maximum atomic E-state index is 11.5. The smallest absolute Gasteiger partial charge is 0.261 e. The minimum Gasteiger partial charge on any atom is -0.404 e. The van der Waals surface area contributed by atoms with E-state index in [1.54, 1.807) is 6.08 Å². The molecule has 0 amide bonds. The predicted molar refractivity (Wildman–Crippen MR) is 121 cm³/mol. The Morgan fingerprint density at radius 1 is 0.933 bits per heavy atom. The number of hydrogen-bond acceptors (Lipinski definition) is 4. The van der Waals surface area contributed by atoms with Crippen molar-refractivity contribution in [3.63, 3.8) is 0 Å². The zero-order valence-corrected chi connectivity index (χ0v) is 19.5. The summed E-state index contributed by atoms with van der Waals surface area (Å²) in [6.45, 7) is 10.6. The Labute approximate surface area is 180 Å². The van der Waals surface area contributed by atoms with Crippen LogP contribution in [-0.4, -0.2) is 43.6 Å². The summed E-state index contributed by atoms with van der Waals surface area (Å²) in [7, 11) is -2.73. The monoisotopic (exact) mass is 424 g/mol. The van der Waals surface area contributed by atoms with Gasteiger partial charge in [-0.05, 0) is 35.3 Å². The van der Waals surface area contributed by atoms with Crippen LogP contribution in [-0.2, 0) is 13.9 Å². The van der Waals surface area contributed by atoms with E-state index in [9.17, 15) is 5.11 Å². The van der Waals surface area contributed by atoms with E-state index in [4.69, 9.17) is 13.9 Å². The summed E-state index contributed by atoms with van der Waals surface area (Å²) in [5.41, 5.74) is -1.23. The largest absolute Gasteiger partial charge is 0.404 e. The van der Waals surface area contributed by atoms with Crippen LogP contribution >= 0.6 is 0 Å². The molecule has 3 atom stereocenters. The van der Waals surface area contributed by atoms with Crippen LogP contribution in [0.1, 0.15) is 34.6 Å². The molecule has 0 aromatic heterocycles. The van der Waals surface area contributed by atoms with Crippen molar-refractivity contribution in [3.8, 4) is 0 Å². The molecule has 30 heavy (non-hydrogen) atoms. The van der Waals surface area contributed by atoms with E-state index in [2.05, 4.69) is 69.3 Å². The van der Waals surface area contributed by atoms with Crippen LogP contribution in [0.4, 0.5) is 0 Å². The van der Waals surface area contributed by atoms with Crippen molar-refractivity contribution in [2.45, 2.75) is 63.3 Å². The van der Waals surface area contributed by atoms with Crippen LogP contribution in [0.3, 0.4) is 0 Å². The Morgan fingerprint density at radius 3 is 1.97 bits per heavy atom. The third kappa shape index (κ3) is 3.59. The van der Waals surface area contributed by atoms with Gasteiger partial charge in [0, 0.05) is 0 Å². The minimum absolute atomic E-state index is 0.150. The van der Waals surface area contributed by atoms with Gasteiger partial charge in [0.25, 0.3) is 8.32 Å². The molecule has 0 radical (unpaired) electrons. The van der Waals surface area contributed by atoms with Crippen LogP contribution in [0.5, 0.6) is 0 Å². The first-order valence-electron chi connectivity index (χ1n) is 10.6. The molecule has 2 aromatic rings. The minimum atomic E-state index is -2.73. The predicted octanol–water partition coefficient (Wildman–Crippen LogP) is 3.38. The van der Waals surface area contributed by atoms with Gasteiger partial charge in [-0.15, -0.1) is 0 Å². The van der Waals surface area contributed by atoms with E-state index >= 15 is 0 Å². The molecule has 2 aromatic carbocycles. The fourth-order valence-electron chi connectivity index (χ4n) is 4.79. The first kappa shape index (κ1) is 21.5. The molecule has 5 heteroatoms. The van der Waals surface area contributed by atoms with E-state index in [1.807, 2.05) is 32.1 Å². The molecule has 2 aliphatic rings. The second-order valence-corrected chi connectivity index (χ2v) is 14.1. The molecule has 1 heterocycles. The van der Waals surface area contributed by atoms with Crippen molar-refractivity contribution in [2.75, 3.05) is 6.61 Å². The quantitative estimate of drug-likeness (QED) is 0.590. The summed E-state index contributed by atoms with van der Waals surface area (Å²) in [4.78, 5) is 0. The van der Waals surface area contributed by atoms with Gasteiger partial charge in [-0.3, -0.25) is 0 Å². The van der Waals surface area contributed by atoms with Crippen LogP contribution in [0.2, 0.25) is 5.04 Å². The molecular weight excluding hydrogens is 392 g/mol. The van der Waals surface area contributed by atoms with Crippen molar-refractivity contribution in [2.24, 2.45) is 0 Å². The Balaban J connectivity index is 1.74. The number of ether oxygens (including phenoxy) is 2. The molecule has 4 rings (SSSR count). The molecule has 0 bridgehead atoms. The fourth-order valence-corrected chi connectivity index (χ4v) is 9.39. The van der Waals surface area contributed by atoms with Gasteiger partial charge in [0.05, 0.1) is 6.61 Å². The lowest BCUT2D eigenvalue weighted by molar-refractivity contribution is -0.168. The Hall–Kier alpha value is -1.76. The first-order valence-corrected chi connectivity index (χ1v) is 12.5. The number of hydrogen-bond donors (Lipinski definition) is 1. The zero-order valence-electron chi connectivity index (χ0n) is 18.5. The number of rotatable bonds is 5. The Morgan fingerprint density at radius 2 is 1.47 bits per heavy atom. The lowest BCUT2D eigenvalue weighted by Gasteiger charge is -2.44. The van der Waals surface area contributed by atoms with E-state index in [0.717, 1.165) is 0 Å². The van der Waals surface area contributed by atoms with Crippen molar-refractivity contribution in [1.29, 1.82) is 0 Å². The van der Waals surface area contributed by atoms with Crippen molar-refractivity contribution < 1.29 is 19.0 Å². The highest BCUT2D eigenvalue weighted by Gasteiger charge is 2.57. The highest BCUT2D eigenvalue weighted by Crippen LogP contribution is 2.42. The topological polar surface area (TPSA) is 47.9 Å². The maximum Gasteiger partial charge on any atom is 0.261 e. The summed E-state index contributed by atoms with van der Waals surface area (Å²) >= 11 is 0. The molecule has 1 fully saturated rings. The van der Waals surface area contributed by atoms with Crippen LogP contribution < -0.4 is 10.4 Å². The van der Waals surface area contributed by atoms with Crippen molar-refractivity contribution >= 4 is 18.7 Å². The summed E-state index contributed by atoms with van der Waals surface area (Å²) in [6, 6.07) is 20.9. The summed E-state index contributed by atoms with van der Waals surface area (Å²) in [6.07, 6.45) is 2.96. The van der Waals surface area contributed by atoms with Gasteiger partial charge in [-0.2, -0.15) is 0 Å². The molecule has 1 aliphatic carbocycles. The standard InChI is InChI=1S/C25H32O4Si/c1-23(2,3)30(19-12-8-6-9-13-19,20-14-10-7-11-15-20)27-18-25(26)17-16-21-22(25)29-24(4,5)28-21/h6-17,21-22,26H,18H2,1-5H3/t21?,22?,25-/m1/s1. The molecule has 0 spiro atoms. The highest BCUT2D eigenvalue weighted by molar-refractivity contribution is 6.99. The van der Waals surface area contributed by atoms with Crippen molar-refractivity contribution in [1.82, 2.24) is 0 Å². The normalized spacial score (nSPS) is 27.9. The number of aliphatic hydroxyl groups is 1. The average Bonchev–Trinajstić information content (AvgIpc) is 3.17. The molecule has 0 saturated carbocycles. The molecule has 1 aliphatic heterocycles. The van der Waals surface area contributed by atoms with Gasteiger partial charge >= 0.3 is 0 Å². The summed E-state index contributed by atoms with van der Waals surface area (Å²) in [5.74, 6) is -0.717. The molecule has 4 nitrogen and oxygen atoms in total. The third-order valence-electron chi connectivity index (χ3n) is 6.13. The first-order chi connectivity index (χ1) is 14.1. The second kappa shape index (κ2) is 7.43. The molecule has 1 saturated heterocycles. The summed E-state index contributed by atoms with van der Waals surface area (Å²) < 4.78 is 18.9. The Kier molecular flexibility index (Phi) is 5.32. The zero-order chi connectivity index (χ0) is 21.6. The van der Waals surface area contributed by atoms with Gasteiger partial charge in [-0.25, -0.2) is 0 Å². The summed E-state index contributed by atoms with van der Waals surface area (Å²) in [5, 5.41) is 13.7. The fraction of sp³-hybridized carbons (Fsp3) is 0.440. The van der Waals surface area contributed by atoms with Gasteiger partial charge < -0.3 is 19.0 Å². The van der Waals surface area contributed by atoms with Crippen molar-refractivity contribution in [3.05, 3.63) is 72.8 Å². The number of fused-ring (bicyclic) bond motifs is 1. The SMILES string of the molecule is CC1(C)OC2C=C[C@@](O)(CO[Si](c3ccccc3)(c3ccccc3)C(C)(C)C)C2O1. The van der Waals surface area contributed by atoms with Gasteiger partial charge in [-0.1, -0.05) is 87.5 Å². The maximum absolute atomic E-state index is 11.5. The van der Waals surface area contributed by atoms with Gasteiger partial charge in [0.1, 0.15) is 17.8 Å². The van der Waals surface area contributed by atoms with Gasteiger partial charge in [0.2, 0.25) is 0 Å². The average molecular weight is 425 g/mol. The molecular formula is C25H32O4Si. The second-order valence-electron chi connectivity index (χ2n) is 9.82. The molecule has 2 unspecified atom stereocenters. The highest BCUT2D eigenvalue weighted by atomic mass is 28.4. The van der Waals surface area contributed by atoms with Crippen LogP contribution in [0.15, 0.2) is 72.8 Å². The van der Waals surface area contributed by atoms with Crippen LogP contribution in [0, 0.1) is 0 Å². The Bertz CT molecular complexity index is 864. The lowest BCUT2D eigenvalue weighted by atomic mass is 10.0. The van der Waals surface area contributed by atoms with E-state index in [-0.39, 0.29) is 17.7 Å². The number of benzene rings is 2.